The number of nitrogens with zero attached hydrogens (tertiary/aromatic N) is 1. The highest BCUT2D eigenvalue weighted by atomic mass is 35.5. The van der Waals surface area contributed by atoms with E-state index in [2.05, 4.69) is 44.0 Å². The van der Waals surface area contributed by atoms with Crippen molar-refractivity contribution in [1.82, 2.24) is 5.32 Å². The Morgan fingerprint density at radius 1 is 1.38 bits per heavy atom. The van der Waals surface area contributed by atoms with Crippen molar-refractivity contribution < 1.29 is 5.11 Å². The molecule has 1 heterocycles. The molecule has 1 fully saturated rings. The molecule has 118 valence electrons. The zero-order valence-corrected chi connectivity index (χ0v) is 14.2. The molecule has 1 saturated heterocycles. The van der Waals surface area contributed by atoms with Gasteiger partial charge in [0.15, 0.2) is 0 Å². The topological polar surface area (TPSA) is 35.5 Å². The van der Waals surface area contributed by atoms with Crippen LogP contribution in [0.25, 0.3) is 0 Å². The van der Waals surface area contributed by atoms with Gasteiger partial charge in [-0.15, -0.1) is 0 Å². The summed E-state index contributed by atoms with van der Waals surface area (Å²) in [6.45, 7) is 10.7. The second-order valence-electron chi connectivity index (χ2n) is 7.09. The highest BCUT2D eigenvalue weighted by Crippen LogP contribution is 2.33. The molecule has 4 heteroatoms. The van der Waals surface area contributed by atoms with Gasteiger partial charge < -0.3 is 15.3 Å². The molecule has 0 aliphatic carbocycles. The molecule has 0 radical (unpaired) electrons. The molecule has 2 rings (SSSR count). The first-order valence-corrected chi connectivity index (χ1v) is 8.10. The number of benzene rings is 1. The quantitative estimate of drug-likeness (QED) is 0.894. The fraction of sp³-hybridized carbons (Fsp3) is 0.647. The molecule has 1 aromatic rings. The zero-order chi connectivity index (χ0) is 15.6. The summed E-state index contributed by atoms with van der Waals surface area (Å²) >= 11 is 6.18. The molecule has 2 unspecified atom stereocenters. The van der Waals surface area contributed by atoms with E-state index in [1.165, 1.54) is 11.3 Å². The number of nitrogens with one attached hydrogen (secondary N) is 1. The summed E-state index contributed by atoms with van der Waals surface area (Å²) in [5.74, 6) is 0.522. The molecule has 0 aromatic heterocycles. The van der Waals surface area contributed by atoms with Crippen LogP contribution in [-0.4, -0.2) is 29.8 Å². The van der Waals surface area contributed by atoms with E-state index >= 15 is 0 Å². The third-order valence-corrected chi connectivity index (χ3v) is 4.46. The molecule has 1 aromatic carbocycles. The maximum Gasteiger partial charge on any atom is 0.0637 e. The highest BCUT2D eigenvalue weighted by Gasteiger charge is 2.31. The van der Waals surface area contributed by atoms with E-state index in [4.69, 9.17) is 11.6 Å². The SMILES string of the molecule is CC1CCN(c2ccc(Cl)cc2CNC(C)(C)C)C1CO. The summed E-state index contributed by atoms with van der Waals surface area (Å²) in [5, 5.41) is 14.0. The Balaban J connectivity index is 2.26. The predicted octanol–water partition coefficient (Wildman–Crippen LogP) is 3.44. The average molecular weight is 311 g/mol. The van der Waals surface area contributed by atoms with Crippen molar-refractivity contribution in [2.75, 3.05) is 18.1 Å². The summed E-state index contributed by atoms with van der Waals surface area (Å²) < 4.78 is 0. The molecule has 2 N–H and O–H groups in total. The fourth-order valence-corrected chi connectivity index (χ4v) is 3.12. The number of anilines is 1. The monoisotopic (exact) mass is 310 g/mol. The standard InChI is InChI=1S/C17H27ClN2O/c1-12-7-8-20(16(12)11-21)15-6-5-14(18)9-13(15)10-19-17(2,3)4/h5-6,9,12,16,19,21H,7-8,10-11H2,1-4H3. The molecular formula is C17H27ClN2O. The number of aliphatic hydroxyl groups is 1. The Kier molecular flexibility index (Phi) is 5.18. The number of halogens is 1. The molecular weight excluding hydrogens is 284 g/mol. The lowest BCUT2D eigenvalue weighted by Gasteiger charge is -2.30. The minimum Gasteiger partial charge on any atom is -0.394 e. The van der Waals surface area contributed by atoms with E-state index in [-0.39, 0.29) is 18.2 Å². The van der Waals surface area contributed by atoms with Gasteiger partial charge in [0.25, 0.3) is 0 Å². The minimum absolute atomic E-state index is 0.0638. The molecule has 0 amide bonds. The van der Waals surface area contributed by atoms with Gasteiger partial charge in [-0.2, -0.15) is 0 Å². The van der Waals surface area contributed by atoms with Gasteiger partial charge in [-0.05, 0) is 56.9 Å². The number of hydrogen-bond acceptors (Lipinski definition) is 3. The van der Waals surface area contributed by atoms with Crippen LogP contribution in [0, 0.1) is 5.92 Å². The maximum absolute atomic E-state index is 9.69. The first kappa shape index (κ1) is 16.6. The van der Waals surface area contributed by atoms with Crippen molar-refractivity contribution in [2.45, 2.75) is 52.2 Å². The summed E-state index contributed by atoms with van der Waals surface area (Å²) in [5.41, 5.74) is 2.46. The lowest BCUT2D eigenvalue weighted by Crippen LogP contribution is -2.38. The van der Waals surface area contributed by atoms with Gasteiger partial charge in [-0.3, -0.25) is 0 Å². The maximum atomic E-state index is 9.69. The van der Waals surface area contributed by atoms with Crippen LogP contribution in [0.4, 0.5) is 5.69 Å². The Morgan fingerprint density at radius 2 is 2.10 bits per heavy atom. The van der Waals surface area contributed by atoms with Gasteiger partial charge >= 0.3 is 0 Å². The van der Waals surface area contributed by atoms with Crippen LogP contribution in [0.5, 0.6) is 0 Å². The molecule has 1 aliphatic heterocycles. The van der Waals surface area contributed by atoms with E-state index < -0.39 is 0 Å². The number of aliphatic hydroxyl groups excluding tert-OH is 1. The lowest BCUT2D eigenvalue weighted by molar-refractivity contribution is 0.244. The van der Waals surface area contributed by atoms with Gasteiger partial charge in [0, 0.05) is 29.3 Å². The fourth-order valence-electron chi connectivity index (χ4n) is 2.92. The predicted molar refractivity (Wildman–Crippen MR) is 90.0 cm³/mol. The van der Waals surface area contributed by atoms with Crippen LogP contribution < -0.4 is 10.2 Å². The zero-order valence-electron chi connectivity index (χ0n) is 13.5. The van der Waals surface area contributed by atoms with Gasteiger partial charge in [-0.25, -0.2) is 0 Å². The molecule has 21 heavy (non-hydrogen) atoms. The Morgan fingerprint density at radius 3 is 2.71 bits per heavy atom. The molecule has 0 spiro atoms. The molecule has 3 nitrogen and oxygen atoms in total. The van der Waals surface area contributed by atoms with Gasteiger partial charge in [0.1, 0.15) is 0 Å². The van der Waals surface area contributed by atoms with Crippen LogP contribution in [-0.2, 0) is 6.54 Å². The molecule has 2 atom stereocenters. The van der Waals surface area contributed by atoms with Crippen LogP contribution in [0.1, 0.15) is 39.7 Å². The molecule has 1 aliphatic rings. The third-order valence-electron chi connectivity index (χ3n) is 4.23. The van der Waals surface area contributed by atoms with Crippen molar-refractivity contribution in [1.29, 1.82) is 0 Å². The van der Waals surface area contributed by atoms with Gasteiger partial charge in [0.2, 0.25) is 0 Å². The van der Waals surface area contributed by atoms with E-state index in [0.29, 0.717) is 5.92 Å². The lowest BCUT2D eigenvalue weighted by atomic mass is 10.0. The van der Waals surface area contributed by atoms with Crippen molar-refractivity contribution in [3.8, 4) is 0 Å². The van der Waals surface area contributed by atoms with Gasteiger partial charge in [0.05, 0.1) is 12.6 Å². The van der Waals surface area contributed by atoms with E-state index in [1.807, 2.05) is 12.1 Å². The Bertz CT molecular complexity index is 484. The van der Waals surface area contributed by atoms with Crippen LogP contribution in [0.15, 0.2) is 18.2 Å². The summed E-state index contributed by atoms with van der Waals surface area (Å²) in [7, 11) is 0. The Labute approximate surface area is 133 Å². The van der Waals surface area contributed by atoms with E-state index in [0.717, 1.165) is 24.5 Å². The summed E-state index contributed by atoms with van der Waals surface area (Å²) in [6, 6.07) is 6.27. The smallest absolute Gasteiger partial charge is 0.0637 e. The highest BCUT2D eigenvalue weighted by molar-refractivity contribution is 6.30. The first-order valence-electron chi connectivity index (χ1n) is 7.73. The van der Waals surface area contributed by atoms with Crippen molar-refractivity contribution in [2.24, 2.45) is 5.92 Å². The normalized spacial score (nSPS) is 22.9. The number of hydrogen-bond donors (Lipinski definition) is 2. The van der Waals surface area contributed by atoms with Crippen molar-refractivity contribution >= 4 is 17.3 Å². The first-order chi connectivity index (χ1) is 9.81. The molecule has 0 saturated carbocycles. The van der Waals surface area contributed by atoms with Crippen LogP contribution in [0.3, 0.4) is 0 Å². The Hall–Kier alpha value is -0.770. The average Bonchev–Trinajstić information content (AvgIpc) is 2.76. The van der Waals surface area contributed by atoms with Crippen LogP contribution in [0.2, 0.25) is 5.02 Å². The second-order valence-corrected chi connectivity index (χ2v) is 7.52. The van der Waals surface area contributed by atoms with Gasteiger partial charge in [-0.1, -0.05) is 18.5 Å². The van der Waals surface area contributed by atoms with E-state index in [9.17, 15) is 5.11 Å². The van der Waals surface area contributed by atoms with E-state index in [1.54, 1.807) is 0 Å². The summed E-state index contributed by atoms with van der Waals surface area (Å²) in [6.07, 6.45) is 1.12. The van der Waals surface area contributed by atoms with Crippen LogP contribution >= 0.6 is 11.6 Å². The summed E-state index contributed by atoms with van der Waals surface area (Å²) in [4.78, 5) is 2.33. The minimum atomic E-state index is 0.0638. The second kappa shape index (κ2) is 6.55. The molecule has 0 bridgehead atoms. The number of rotatable bonds is 4. The third kappa shape index (κ3) is 4.12. The van der Waals surface area contributed by atoms with Crippen molar-refractivity contribution in [3.05, 3.63) is 28.8 Å². The van der Waals surface area contributed by atoms with Crippen molar-refractivity contribution in [3.63, 3.8) is 0 Å². The largest absolute Gasteiger partial charge is 0.394 e.